The highest BCUT2D eigenvalue weighted by molar-refractivity contribution is 5.79. The number of ether oxygens (including phenoxy) is 1. The van der Waals surface area contributed by atoms with E-state index in [9.17, 15) is 0 Å². The molecule has 0 aliphatic carbocycles. The largest absolute Gasteiger partial charge is 0.496 e. The molecule has 1 atom stereocenters. The molecule has 5 rings (SSSR count). The van der Waals surface area contributed by atoms with Crippen LogP contribution in [0.3, 0.4) is 0 Å². The molecule has 0 amide bonds. The Hall–Kier alpha value is -3.25. The molecule has 1 aliphatic rings. The number of aryl methyl sites for hydroxylation is 2. The number of aromatic nitrogens is 4. The fourth-order valence-electron chi connectivity index (χ4n) is 4.53. The average Bonchev–Trinajstić information content (AvgIpc) is 3.39. The van der Waals surface area contributed by atoms with Gasteiger partial charge in [-0.25, -0.2) is 9.97 Å². The maximum atomic E-state index is 5.64. The minimum Gasteiger partial charge on any atom is -0.496 e. The van der Waals surface area contributed by atoms with E-state index in [0.29, 0.717) is 0 Å². The van der Waals surface area contributed by atoms with E-state index in [1.165, 1.54) is 11.1 Å². The van der Waals surface area contributed by atoms with E-state index < -0.39 is 0 Å². The summed E-state index contributed by atoms with van der Waals surface area (Å²) in [6, 6.07) is 16.9. The van der Waals surface area contributed by atoms with Crippen LogP contribution < -0.4 is 4.74 Å². The van der Waals surface area contributed by atoms with Crippen molar-refractivity contribution in [2.45, 2.75) is 39.3 Å². The maximum Gasteiger partial charge on any atom is 0.165 e. The monoisotopic (exact) mass is 413 g/mol. The van der Waals surface area contributed by atoms with Crippen molar-refractivity contribution in [1.29, 1.82) is 0 Å². The van der Waals surface area contributed by atoms with Crippen molar-refractivity contribution >= 4 is 11.0 Å². The van der Waals surface area contributed by atoms with Crippen LogP contribution in [0.4, 0.5) is 0 Å². The summed E-state index contributed by atoms with van der Waals surface area (Å²) in [6.07, 6.45) is 4.05. The van der Waals surface area contributed by atoms with Gasteiger partial charge in [-0.15, -0.1) is 0 Å². The molecule has 0 saturated carbocycles. The number of hydrogen-bond donors (Lipinski definition) is 0. The number of nitrogens with zero attached hydrogens (tertiary/aromatic N) is 5. The highest BCUT2D eigenvalue weighted by Gasteiger charge is 2.28. The van der Waals surface area contributed by atoms with Crippen LogP contribution in [-0.4, -0.2) is 38.3 Å². The molecule has 1 fully saturated rings. The van der Waals surface area contributed by atoms with Gasteiger partial charge in [0.2, 0.25) is 0 Å². The first-order valence-electron chi connectivity index (χ1n) is 10.8. The highest BCUT2D eigenvalue weighted by Crippen LogP contribution is 2.35. The van der Waals surface area contributed by atoms with Crippen molar-refractivity contribution < 1.29 is 4.74 Å². The molecule has 1 aromatic carbocycles. The smallest absolute Gasteiger partial charge is 0.165 e. The Morgan fingerprint density at radius 1 is 1.10 bits per heavy atom. The van der Waals surface area contributed by atoms with Crippen LogP contribution in [-0.2, 0) is 6.54 Å². The molecule has 6 nitrogen and oxygen atoms in total. The van der Waals surface area contributed by atoms with Gasteiger partial charge in [0.15, 0.2) is 11.5 Å². The molecule has 1 saturated heterocycles. The topological polar surface area (TPSA) is 56.1 Å². The minimum atomic E-state index is 0.280. The molecule has 158 valence electrons. The molecule has 4 heterocycles. The van der Waals surface area contributed by atoms with Crippen molar-refractivity contribution in [1.82, 2.24) is 24.6 Å². The quantitative estimate of drug-likeness (QED) is 0.471. The van der Waals surface area contributed by atoms with Crippen LogP contribution in [0.25, 0.3) is 16.9 Å². The number of fused-ring (bicyclic) bond motifs is 1. The maximum absolute atomic E-state index is 5.64. The van der Waals surface area contributed by atoms with Gasteiger partial charge in [0.1, 0.15) is 5.75 Å². The highest BCUT2D eigenvalue weighted by atomic mass is 16.5. The summed E-state index contributed by atoms with van der Waals surface area (Å²) in [6.45, 7) is 6.03. The van der Waals surface area contributed by atoms with Gasteiger partial charge >= 0.3 is 0 Å². The van der Waals surface area contributed by atoms with Crippen molar-refractivity contribution in [3.63, 3.8) is 0 Å². The Bertz CT molecular complexity index is 1220. The van der Waals surface area contributed by atoms with E-state index in [4.69, 9.17) is 14.8 Å². The third-order valence-corrected chi connectivity index (χ3v) is 6.12. The fourth-order valence-corrected chi connectivity index (χ4v) is 4.53. The second-order valence-corrected chi connectivity index (χ2v) is 8.24. The molecule has 0 radical (unpaired) electrons. The van der Waals surface area contributed by atoms with Gasteiger partial charge < -0.3 is 4.74 Å². The van der Waals surface area contributed by atoms with Gasteiger partial charge in [0, 0.05) is 23.7 Å². The second-order valence-electron chi connectivity index (χ2n) is 8.24. The number of likely N-dealkylation sites (tertiary alicyclic amines) is 1. The van der Waals surface area contributed by atoms with Crippen LogP contribution in [0.2, 0.25) is 0 Å². The third kappa shape index (κ3) is 3.68. The first-order chi connectivity index (χ1) is 15.1. The van der Waals surface area contributed by atoms with Crippen LogP contribution >= 0.6 is 0 Å². The normalized spacial score (nSPS) is 16.8. The molecule has 0 unspecified atom stereocenters. The van der Waals surface area contributed by atoms with Crippen molar-refractivity contribution in [3.05, 3.63) is 77.2 Å². The zero-order chi connectivity index (χ0) is 21.4. The molecule has 4 aromatic rings. The van der Waals surface area contributed by atoms with Crippen LogP contribution in [0.5, 0.6) is 5.75 Å². The number of rotatable bonds is 5. The standard InChI is InChI=1S/C25H27N5O/c1-17-9-10-19(23(15-17)31-3)16-29-14-6-7-22(29)21-12-11-20-18(2)28-30(25(20)27-21)24-8-4-5-13-26-24/h4-5,8-13,15,22H,6-7,14,16H2,1-3H3/t22-/m0/s1. The van der Waals surface area contributed by atoms with Crippen molar-refractivity contribution in [2.24, 2.45) is 0 Å². The SMILES string of the molecule is COc1cc(C)ccc1CN1CCC[C@H]1c1ccc2c(C)nn(-c3ccccn3)c2n1. The van der Waals surface area contributed by atoms with Gasteiger partial charge in [-0.1, -0.05) is 18.2 Å². The van der Waals surface area contributed by atoms with E-state index in [1.54, 1.807) is 13.3 Å². The zero-order valence-corrected chi connectivity index (χ0v) is 18.2. The fraction of sp³-hybridized carbons (Fsp3) is 0.320. The summed E-state index contributed by atoms with van der Waals surface area (Å²) < 4.78 is 7.50. The summed E-state index contributed by atoms with van der Waals surface area (Å²) in [5, 5.41) is 5.78. The average molecular weight is 414 g/mol. The summed E-state index contributed by atoms with van der Waals surface area (Å²) in [5.41, 5.74) is 5.35. The van der Waals surface area contributed by atoms with Crippen molar-refractivity contribution in [3.8, 4) is 11.6 Å². The molecular formula is C25H27N5O. The Kier molecular flexibility index (Phi) is 5.16. The lowest BCUT2D eigenvalue weighted by atomic mass is 10.1. The van der Waals surface area contributed by atoms with E-state index >= 15 is 0 Å². The zero-order valence-electron chi connectivity index (χ0n) is 18.2. The number of benzene rings is 1. The lowest BCUT2D eigenvalue weighted by Gasteiger charge is -2.25. The van der Waals surface area contributed by atoms with Crippen LogP contribution in [0.15, 0.2) is 54.7 Å². The lowest BCUT2D eigenvalue weighted by Crippen LogP contribution is -2.24. The number of methoxy groups -OCH3 is 1. The van der Waals surface area contributed by atoms with E-state index in [0.717, 1.165) is 59.9 Å². The van der Waals surface area contributed by atoms with Crippen LogP contribution in [0, 0.1) is 13.8 Å². The Labute approximate surface area is 182 Å². The van der Waals surface area contributed by atoms with Gasteiger partial charge in [-0.3, -0.25) is 4.90 Å². The third-order valence-electron chi connectivity index (χ3n) is 6.12. The molecule has 1 aliphatic heterocycles. The van der Waals surface area contributed by atoms with Gasteiger partial charge in [-0.2, -0.15) is 9.78 Å². The molecule has 3 aromatic heterocycles. The molecule has 6 heteroatoms. The predicted octanol–water partition coefficient (Wildman–Crippen LogP) is 4.78. The molecule has 0 bridgehead atoms. The Morgan fingerprint density at radius 2 is 2.00 bits per heavy atom. The second kappa shape index (κ2) is 8.12. The Morgan fingerprint density at radius 3 is 2.81 bits per heavy atom. The van der Waals surface area contributed by atoms with Gasteiger partial charge in [0.25, 0.3) is 0 Å². The molecule has 31 heavy (non-hydrogen) atoms. The number of pyridine rings is 2. The van der Waals surface area contributed by atoms with Gasteiger partial charge in [-0.05, 0) is 69.1 Å². The van der Waals surface area contributed by atoms with E-state index in [2.05, 4.69) is 47.1 Å². The van der Waals surface area contributed by atoms with E-state index in [1.807, 2.05) is 29.8 Å². The summed E-state index contributed by atoms with van der Waals surface area (Å²) in [4.78, 5) is 12.1. The minimum absolute atomic E-state index is 0.280. The molecular weight excluding hydrogens is 386 g/mol. The predicted molar refractivity (Wildman–Crippen MR) is 122 cm³/mol. The van der Waals surface area contributed by atoms with E-state index in [-0.39, 0.29) is 6.04 Å². The first kappa shape index (κ1) is 19.7. The summed E-state index contributed by atoms with van der Waals surface area (Å²) >= 11 is 0. The summed E-state index contributed by atoms with van der Waals surface area (Å²) in [7, 11) is 1.75. The Balaban J connectivity index is 1.50. The number of hydrogen-bond acceptors (Lipinski definition) is 5. The van der Waals surface area contributed by atoms with Gasteiger partial charge in [0.05, 0.1) is 24.5 Å². The lowest BCUT2D eigenvalue weighted by molar-refractivity contribution is 0.241. The van der Waals surface area contributed by atoms with Crippen molar-refractivity contribution in [2.75, 3.05) is 13.7 Å². The molecule has 0 N–H and O–H groups in total. The van der Waals surface area contributed by atoms with Crippen LogP contribution in [0.1, 0.15) is 41.4 Å². The first-order valence-corrected chi connectivity index (χ1v) is 10.8. The summed E-state index contributed by atoms with van der Waals surface area (Å²) in [5.74, 6) is 1.75. The molecule has 0 spiro atoms.